The number of hydrogen-bond donors (Lipinski definition) is 0. The topological polar surface area (TPSA) is 38.9 Å². The molecule has 20 heavy (non-hydrogen) atoms. The molecule has 0 aliphatic heterocycles. The summed E-state index contributed by atoms with van der Waals surface area (Å²) in [6.45, 7) is 5.96. The minimum atomic E-state index is 0.623. The van der Waals surface area contributed by atoms with Crippen LogP contribution in [0.1, 0.15) is 6.92 Å². The molecule has 3 rings (SSSR count). The number of furan rings is 1. The van der Waals surface area contributed by atoms with Crippen molar-refractivity contribution < 1.29 is 4.42 Å². The zero-order valence-corrected chi connectivity index (χ0v) is 12.0. The van der Waals surface area contributed by atoms with Crippen LogP contribution in [0.2, 0.25) is 0 Å². The minimum Gasteiger partial charge on any atom is -0.461 e. The van der Waals surface area contributed by atoms with Gasteiger partial charge in [-0.15, -0.1) is 11.8 Å². The second kappa shape index (κ2) is 5.51. The van der Waals surface area contributed by atoms with Gasteiger partial charge in [0.1, 0.15) is 5.03 Å². The third-order valence-corrected chi connectivity index (χ3v) is 3.99. The molecule has 0 spiro atoms. The van der Waals surface area contributed by atoms with Gasteiger partial charge < -0.3 is 4.42 Å². The van der Waals surface area contributed by atoms with Crippen LogP contribution in [-0.4, -0.2) is 15.7 Å². The second-order valence-electron chi connectivity index (χ2n) is 4.59. The van der Waals surface area contributed by atoms with Gasteiger partial charge in [0, 0.05) is 11.1 Å². The molecule has 0 atom stereocenters. The molecule has 0 saturated heterocycles. The van der Waals surface area contributed by atoms with Crippen LogP contribution in [-0.2, 0) is 0 Å². The van der Waals surface area contributed by atoms with Gasteiger partial charge in [-0.25, -0.2) is 9.97 Å². The molecule has 0 N–H and O–H groups in total. The highest BCUT2D eigenvalue weighted by molar-refractivity contribution is 7.99. The maximum atomic E-state index is 5.40. The zero-order valence-electron chi connectivity index (χ0n) is 11.2. The summed E-state index contributed by atoms with van der Waals surface area (Å²) in [6.07, 6.45) is 1.63. The molecule has 0 unspecified atom stereocenters. The fourth-order valence-corrected chi connectivity index (χ4v) is 2.73. The van der Waals surface area contributed by atoms with Crippen LogP contribution in [0.15, 0.2) is 64.3 Å². The number of nitrogens with zero attached hydrogens (tertiary/aromatic N) is 2. The van der Waals surface area contributed by atoms with Crippen LogP contribution >= 0.6 is 11.8 Å². The highest BCUT2D eigenvalue weighted by Gasteiger charge is 2.11. The van der Waals surface area contributed by atoms with E-state index in [-0.39, 0.29) is 0 Å². The van der Waals surface area contributed by atoms with Gasteiger partial charge in [0.15, 0.2) is 11.6 Å². The number of aromatic nitrogens is 2. The average Bonchev–Trinajstić information content (AvgIpc) is 2.98. The van der Waals surface area contributed by atoms with E-state index in [1.165, 1.54) is 0 Å². The Morgan fingerprint density at radius 1 is 1.20 bits per heavy atom. The first-order valence-electron chi connectivity index (χ1n) is 6.32. The third kappa shape index (κ3) is 2.60. The van der Waals surface area contributed by atoms with Gasteiger partial charge >= 0.3 is 0 Å². The zero-order chi connectivity index (χ0) is 13.9. The van der Waals surface area contributed by atoms with E-state index in [9.17, 15) is 0 Å². The molecule has 3 nitrogen and oxygen atoms in total. The largest absolute Gasteiger partial charge is 0.461 e. The van der Waals surface area contributed by atoms with E-state index < -0.39 is 0 Å². The standard InChI is InChI=1S/C16H14N2OS/c1-11(2)10-20-16-12-6-3-4-7-13(12)17-15(18-16)14-8-5-9-19-14/h3-9H,1,10H2,2H3. The number of para-hydroxylation sites is 1. The van der Waals surface area contributed by atoms with Crippen molar-refractivity contribution in [1.82, 2.24) is 9.97 Å². The molecule has 2 aromatic heterocycles. The van der Waals surface area contributed by atoms with Crippen molar-refractivity contribution in [3.05, 3.63) is 54.8 Å². The molecule has 0 fully saturated rings. The summed E-state index contributed by atoms with van der Waals surface area (Å²) in [7, 11) is 0. The van der Waals surface area contributed by atoms with Crippen LogP contribution in [0.25, 0.3) is 22.5 Å². The Bertz CT molecular complexity index is 750. The summed E-state index contributed by atoms with van der Waals surface area (Å²) < 4.78 is 5.40. The highest BCUT2D eigenvalue weighted by Crippen LogP contribution is 2.29. The minimum absolute atomic E-state index is 0.623. The molecule has 100 valence electrons. The Hall–Kier alpha value is -2.07. The van der Waals surface area contributed by atoms with Crippen LogP contribution in [0, 0.1) is 0 Å². The quantitative estimate of drug-likeness (QED) is 0.399. The van der Waals surface area contributed by atoms with Gasteiger partial charge in [-0.2, -0.15) is 0 Å². The average molecular weight is 282 g/mol. The predicted molar refractivity (Wildman–Crippen MR) is 82.8 cm³/mol. The monoisotopic (exact) mass is 282 g/mol. The van der Waals surface area contributed by atoms with Crippen LogP contribution in [0.4, 0.5) is 0 Å². The SMILES string of the molecule is C=C(C)CSc1nc(-c2ccco2)nc2ccccc12. The fourth-order valence-electron chi connectivity index (χ4n) is 1.87. The van der Waals surface area contributed by atoms with Crippen LogP contribution < -0.4 is 0 Å². The van der Waals surface area contributed by atoms with E-state index >= 15 is 0 Å². The van der Waals surface area contributed by atoms with Crippen molar-refractivity contribution in [2.24, 2.45) is 0 Å². The third-order valence-electron chi connectivity index (χ3n) is 2.77. The smallest absolute Gasteiger partial charge is 0.197 e. The van der Waals surface area contributed by atoms with Crippen molar-refractivity contribution in [3.8, 4) is 11.6 Å². The molecule has 0 amide bonds. The Balaban J connectivity index is 2.12. The predicted octanol–water partition coefficient (Wildman–Crippen LogP) is 4.56. The molecule has 1 aromatic carbocycles. The highest BCUT2D eigenvalue weighted by atomic mass is 32.2. The molecule has 0 bridgehead atoms. The Kier molecular flexibility index (Phi) is 3.56. The van der Waals surface area contributed by atoms with Gasteiger partial charge in [0.2, 0.25) is 0 Å². The Labute approximate surface area is 121 Å². The Morgan fingerprint density at radius 2 is 2.05 bits per heavy atom. The molecule has 0 aliphatic carbocycles. The summed E-state index contributed by atoms with van der Waals surface area (Å²) in [5.74, 6) is 2.16. The summed E-state index contributed by atoms with van der Waals surface area (Å²) in [6, 6.07) is 11.7. The fraction of sp³-hybridized carbons (Fsp3) is 0.125. The first-order chi connectivity index (χ1) is 9.74. The van der Waals surface area contributed by atoms with Gasteiger partial charge in [-0.05, 0) is 25.1 Å². The van der Waals surface area contributed by atoms with Crippen molar-refractivity contribution in [2.75, 3.05) is 5.75 Å². The lowest BCUT2D eigenvalue weighted by Gasteiger charge is -2.07. The van der Waals surface area contributed by atoms with Gasteiger partial charge in [0.05, 0.1) is 11.8 Å². The summed E-state index contributed by atoms with van der Waals surface area (Å²) in [4.78, 5) is 9.20. The lowest BCUT2D eigenvalue weighted by atomic mass is 10.2. The van der Waals surface area contributed by atoms with Gasteiger partial charge in [-0.3, -0.25) is 0 Å². The van der Waals surface area contributed by atoms with E-state index in [1.807, 2.05) is 43.3 Å². The summed E-state index contributed by atoms with van der Waals surface area (Å²) in [5.41, 5.74) is 2.05. The molecule has 0 aliphatic rings. The van der Waals surface area contributed by atoms with Crippen molar-refractivity contribution in [3.63, 3.8) is 0 Å². The lowest BCUT2D eigenvalue weighted by Crippen LogP contribution is -1.93. The van der Waals surface area contributed by atoms with Crippen molar-refractivity contribution in [2.45, 2.75) is 11.9 Å². The van der Waals surface area contributed by atoms with Crippen molar-refractivity contribution >= 4 is 22.7 Å². The van der Waals surface area contributed by atoms with E-state index in [0.717, 1.165) is 27.3 Å². The van der Waals surface area contributed by atoms with Crippen molar-refractivity contribution in [1.29, 1.82) is 0 Å². The van der Waals surface area contributed by atoms with Crippen LogP contribution in [0.3, 0.4) is 0 Å². The molecule has 0 saturated carbocycles. The summed E-state index contributed by atoms with van der Waals surface area (Å²) in [5, 5.41) is 2.03. The van der Waals surface area contributed by atoms with E-state index in [1.54, 1.807) is 18.0 Å². The van der Waals surface area contributed by atoms with Gasteiger partial charge in [0.25, 0.3) is 0 Å². The molecular weight excluding hydrogens is 268 g/mol. The molecule has 4 heteroatoms. The maximum absolute atomic E-state index is 5.40. The van der Waals surface area contributed by atoms with E-state index in [2.05, 4.69) is 16.5 Å². The second-order valence-corrected chi connectivity index (χ2v) is 5.56. The Morgan fingerprint density at radius 3 is 2.80 bits per heavy atom. The van der Waals surface area contributed by atoms with Gasteiger partial charge in [-0.1, -0.05) is 30.4 Å². The number of benzene rings is 1. The van der Waals surface area contributed by atoms with E-state index in [0.29, 0.717) is 11.6 Å². The van der Waals surface area contributed by atoms with E-state index in [4.69, 9.17) is 4.42 Å². The molecular formula is C16H14N2OS. The first-order valence-corrected chi connectivity index (χ1v) is 7.30. The molecule has 3 aromatic rings. The number of rotatable bonds is 4. The van der Waals surface area contributed by atoms with Crippen LogP contribution in [0.5, 0.6) is 0 Å². The number of hydrogen-bond acceptors (Lipinski definition) is 4. The lowest BCUT2D eigenvalue weighted by molar-refractivity contribution is 0.577. The summed E-state index contributed by atoms with van der Waals surface area (Å²) >= 11 is 1.68. The maximum Gasteiger partial charge on any atom is 0.197 e. The first kappa shape index (κ1) is 12.9. The molecule has 0 radical (unpaired) electrons. The number of thioether (sulfide) groups is 1. The number of fused-ring (bicyclic) bond motifs is 1. The normalized spacial score (nSPS) is 10.8. The molecule has 2 heterocycles.